The fraction of sp³-hybridized carbons (Fsp3) is 0.750. The number of hydrogen-bond donors (Lipinski definition) is 1. The topological polar surface area (TPSA) is 39.1 Å². The van der Waals surface area contributed by atoms with Crippen molar-refractivity contribution in [2.45, 2.75) is 44.9 Å². The van der Waals surface area contributed by atoms with E-state index >= 15 is 0 Å². The molecule has 1 aromatic rings. The van der Waals surface area contributed by atoms with Crippen LogP contribution in [0.15, 0.2) is 12.4 Å². The zero-order chi connectivity index (χ0) is 11.5. The predicted octanol–water partition coefficient (Wildman–Crippen LogP) is 1.90. The first-order valence-electron chi connectivity index (χ1n) is 6.03. The molecule has 0 spiro atoms. The summed E-state index contributed by atoms with van der Waals surface area (Å²) in [6, 6.07) is 0.985. The molecule has 2 unspecified atom stereocenters. The number of nitrogens with zero attached hydrogens (tertiary/aromatic N) is 2. The van der Waals surface area contributed by atoms with E-state index in [0.717, 1.165) is 19.4 Å². The molecule has 90 valence electrons. The van der Waals surface area contributed by atoms with Gasteiger partial charge in [0.05, 0.1) is 12.3 Å². The van der Waals surface area contributed by atoms with Crippen LogP contribution in [0.3, 0.4) is 0 Å². The molecule has 0 amide bonds. The zero-order valence-electron chi connectivity index (χ0n) is 10.3. The maximum absolute atomic E-state index is 5.80. The van der Waals surface area contributed by atoms with Gasteiger partial charge in [0, 0.05) is 30.5 Å². The highest BCUT2D eigenvalue weighted by atomic mass is 16.5. The summed E-state index contributed by atoms with van der Waals surface area (Å²) in [7, 11) is 2.02. The normalized spacial score (nSPS) is 26.2. The second kappa shape index (κ2) is 4.97. The first-order valence-corrected chi connectivity index (χ1v) is 6.03. The van der Waals surface area contributed by atoms with Crippen molar-refractivity contribution in [3.63, 3.8) is 0 Å². The third kappa shape index (κ3) is 2.44. The first kappa shape index (κ1) is 11.6. The minimum Gasteiger partial charge on any atom is -0.373 e. The van der Waals surface area contributed by atoms with E-state index in [9.17, 15) is 0 Å². The summed E-state index contributed by atoms with van der Waals surface area (Å²) in [5.41, 5.74) is 1.20. The molecular weight excluding hydrogens is 202 g/mol. The van der Waals surface area contributed by atoms with Crippen molar-refractivity contribution in [1.29, 1.82) is 0 Å². The highest BCUT2D eigenvalue weighted by Crippen LogP contribution is 2.28. The highest BCUT2D eigenvalue weighted by molar-refractivity contribution is 5.10. The zero-order valence-corrected chi connectivity index (χ0v) is 10.3. The molecule has 4 nitrogen and oxygen atoms in total. The van der Waals surface area contributed by atoms with E-state index in [2.05, 4.69) is 30.5 Å². The maximum Gasteiger partial charge on any atom is 0.0870 e. The van der Waals surface area contributed by atoms with Crippen molar-refractivity contribution in [2.75, 3.05) is 13.7 Å². The molecule has 1 fully saturated rings. The maximum atomic E-state index is 5.80. The van der Waals surface area contributed by atoms with Gasteiger partial charge in [0.2, 0.25) is 0 Å². The summed E-state index contributed by atoms with van der Waals surface area (Å²) in [4.78, 5) is 0. The van der Waals surface area contributed by atoms with Crippen LogP contribution in [0.4, 0.5) is 0 Å². The molecule has 1 aliphatic heterocycles. The monoisotopic (exact) mass is 223 g/mol. The quantitative estimate of drug-likeness (QED) is 0.850. The van der Waals surface area contributed by atoms with Gasteiger partial charge in [-0.2, -0.15) is 5.10 Å². The Kier molecular flexibility index (Phi) is 3.61. The van der Waals surface area contributed by atoms with E-state index < -0.39 is 0 Å². The Bertz CT molecular complexity index is 335. The molecule has 4 heteroatoms. The van der Waals surface area contributed by atoms with Crippen LogP contribution < -0.4 is 5.32 Å². The van der Waals surface area contributed by atoms with Gasteiger partial charge in [-0.15, -0.1) is 0 Å². The van der Waals surface area contributed by atoms with Crippen molar-refractivity contribution in [3.05, 3.63) is 18.0 Å². The minimum absolute atomic E-state index is 0.207. The van der Waals surface area contributed by atoms with Gasteiger partial charge < -0.3 is 10.1 Å². The van der Waals surface area contributed by atoms with Crippen LogP contribution in [0.25, 0.3) is 0 Å². The molecule has 0 saturated carbocycles. The molecule has 0 bridgehead atoms. The molecule has 1 aromatic heterocycles. The van der Waals surface area contributed by atoms with Crippen LogP contribution in [0.2, 0.25) is 0 Å². The number of rotatable bonds is 3. The Morgan fingerprint density at radius 2 is 2.38 bits per heavy atom. The van der Waals surface area contributed by atoms with Crippen molar-refractivity contribution in [2.24, 2.45) is 0 Å². The summed E-state index contributed by atoms with van der Waals surface area (Å²) in [6.45, 7) is 5.10. The van der Waals surface area contributed by atoms with Gasteiger partial charge in [0.25, 0.3) is 0 Å². The van der Waals surface area contributed by atoms with Gasteiger partial charge in [-0.05, 0) is 33.7 Å². The summed E-state index contributed by atoms with van der Waals surface area (Å²) in [5.74, 6) is 0. The van der Waals surface area contributed by atoms with Gasteiger partial charge in [0.1, 0.15) is 0 Å². The van der Waals surface area contributed by atoms with Crippen LogP contribution in [-0.2, 0) is 4.74 Å². The lowest BCUT2D eigenvalue weighted by Gasteiger charge is -2.28. The van der Waals surface area contributed by atoms with Crippen LogP contribution in [0.5, 0.6) is 0 Å². The van der Waals surface area contributed by atoms with Gasteiger partial charge in [-0.1, -0.05) is 0 Å². The van der Waals surface area contributed by atoms with Gasteiger partial charge >= 0.3 is 0 Å². The Labute approximate surface area is 97.0 Å². The summed E-state index contributed by atoms with van der Waals surface area (Å²) >= 11 is 0. The number of ether oxygens (including phenoxy) is 1. The van der Waals surface area contributed by atoms with E-state index in [1.54, 1.807) is 0 Å². The Balaban J connectivity index is 2.05. The predicted molar refractivity (Wildman–Crippen MR) is 63.4 cm³/mol. The Morgan fingerprint density at radius 1 is 1.56 bits per heavy atom. The van der Waals surface area contributed by atoms with E-state index in [-0.39, 0.29) is 6.10 Å². The van der Waals surface area contributed by atoms with Crippen molar-refractivity contribution in [3.8, 4) is 0 Å². The average Bonchev–Trinajstić information content (AvgIpc) is 2.78. The first-order chi connectivity index (χ1) is 7.70. The largest absolute Gasteiger partial charge is 0.373 e. The fourth-order valence-electron chi connectivity index (χ4n) is 2.09. The molecule has 1 N–H and O–H groups in total. The van der Waals surface area contributed by atoms with E-state index in [0.29, 0.717) is 12.1 Å². The third-order valence-electron chi connectivity index (χ3n) is 3.21. The summed E-state index contributed by atoms with van der Waals surface area (Å²) in [6.07, 6.45) is 6.39. The number of hydrogen-bond acceptors (Lipinski definition) is 3. The molecule has 1 saturated heterocycles. The Morgan fingerprint density at radius 3 is 3.00 bits per heavy atom. The van der Waals surface area contributed by atoms with Crippen molar-refractivity contribution < 1.29 is 4.74 Å². The third-order valence-corrected chi connectivity index (χ3v) is 3.21. The highest BCUT2D eigenvalue weighted by Gasteiger charge is 2.23. The molecule has 1 aliphatic rings. The molecule has 2 rings (SSSR count). The lowest BCUT2D eigenvalue weighted by atomic mass is 10.00. The summed E-state index contributed by atoms with van der Waals surface area (Å²) in [5, 5.41) is 7.68. The molecule has 16 heavy (non-hydrogen) atoms. The van der Waals surface area contributed by atoms with E-state index in [1.807, 2.05) is 17.9 Å². The second-order valence-corrected chi connectivity index (χ2v) is 4.72. The van der Waals surface area contributed by atoms with Crippen LogP contribution in [0.1, 0.15) is 44.4 Å². The lowest BCUT2D eigenvalue weighted by molar-refractivity contribution is 0.00148. The lowest BCUT2D eigenvalue weighted by Crippen LogP contribution is -2.33. The van der Waals surface area contributed by atoms with Crippen LogP contribution >= 0.6 is 0 Å². The average molecular weight is 223 g/mol. The standard InChI is InChI=1S/C12H21N3O/c1-9(2)15-8-10(7-14-15)12-6-11(13-3)4-5-16-12/h7-9,11-13H,4-6H2,1-3H3. The van der Waals surface area contributed by atoms with E-state index in [1.165, 1.54) is 5.56 Å². The van der Waals surface area contributed by atoms with Gasteiger partial charge in [-0.25, -0.2) is 0 Å². The molecule has 2 heterocycles. The molecule has 0 aromatic carbocycles. The second-order valence-electron chi connectivity index (χ2n) is 4.72. The minimum atomic E-state index is 0.207. The number of nitrogens with one attached hydrogen (secondary N) is 1. The molecular formula is C12H21N3O. The van der Waals surface area contributed by atoms with Crippen LogP contribution in [0, 0.1) is 0 Å². The molecule has 0 radical (unpaired) electrons. The van der Waals surface area contributed by atoms with Gasteiger partial charge in [0.15, 0.2) is 0 Å². The molecule has 2 atom stereocenters. The summed E-state index contributed by atoms with van der Waals surface area (Å²) < 4.78 is 7.78. The smallest absolute Gasteiger partial charge is 0.0870 e. The SMILES string of the molecule is CNC1CCOC(c2cnn(C(C)C)c2)C1. The van der Waals surface area contributed by atoms with Crippen molar-refractivity contribution >= 4 is 0 Å². The molecule has 0 aliphatic carbocycles. The fourth-order valence-corrected chi connectivity index (χ4v) is 2.09. The van der Waals surface area contributed by atoms with Gasteiger partial charge in [-0.3, -0.25) is 4.68 Å². The van der Waals surface area contributed by atoms with E-state index in [4.69, 9.17) is 4.74 Å². The number of aromatic nitrogens is 2. The van der Waals surface area contributed by atoms with Crippen LogP contribution in [-0.4, -0.2) is 29.5 Å². The van der Waals surface area contributed by atoms with Crippen molar-refractivity contribution in [1.82, 2.24) is 15.1 Å². The Hall–Kier alpha value is -0.870.